The van der Waals surface area contributed by atoms with Crippen molar-refractivity contribution >= 4 is 17.0 Å². The van der Waals surface area contributed by atoms with Crippen molar-refractivity contribution in [1.82, 2.24) is 15.0 Å². The normalized spacial score (nSPS) is 9.82. The van der Waals surface area contributed by atoms with Gasteiger partial charge in [0, 0.05) is 6.20 Å². The Labute approximate surface area is 101 Å². The van der Waals surface area contributed by atoms with E-state index in [9.17, 15) is 0 Å². The van der Waals surface area contributed by atoms with Crippen LogP contribution in [0.25, 0.3) is 11.0 Å². The molecule has 17 heavy (non-hydrogen) atoms. The fourth-order valence-corrected chi connectivity index (χ4v) is 1.35. The van der Waals surface area contributed by atoms with Crippen LogP contribution in [0.15, 0.2) is 12.3 Å². The summed E-state index contributed by atoms with van der Waals surface area (Å²) >= 11 is 0. The van der Waals surface area contributed by atoms with E-state index in [4.69, 9.17) is 10.5 Å². The minimum atomic E-state index is 0.233. The van der Waals surface area contributed by atoms with E-state index in [0.717, 1.165) is 18.2 Å². The number of unbranched alkanes of at least 4 members (excludes halogenated alkanes) is 1. The Morgan fingerprint density at radius 3 is 2.82 bits per heavy atom. The van der Waals surface area contributed by atoms with Gasteiger partial charge in [0.15, 0.2) is 0 Å². The quantitative estimate of drug-likeness (QED) is 0.800. The number of nitrogens with two attached hydrogens (primary N) is 1. The molecule has 2 aromatic heterocycles. The second-order valence-corrected chi connectivity index (χ2v) is 3.33. The van der Waals surface area contributed by atoms with Crippen molar-refractivity contribution in [2.24, 2.45) is 0 Å². The summed E-state index contributed by atoms with van der Waals surface area (Å²) in [5, 5.41) is 0.875. The highest BCUT2D eigenvalue weighted by Gasteiger charge is 2.07. The van der Waals surface area contributed by atoms with E-state index in [1.807, 2.05) is 19.9 Å². The molecule has 0 saturated heterocycles. The third-order valence-electron chi connectivity index (χ3n) is 2.13. The molecule has 0 aliphatic carbocycles. The summed E-state index contributed by atoms with van der Waals surface area (Å²) in [6, 6.07) is 1.88. The maximum Gasteiger partial charge on any atom is 0.227 e. The largest absolute Gasteiger partial charge is 0.477 e. The van der Waals surface area contributed by atoms with Gasteiger partial charge in [-0.2, -0.15) is 9.97 Å². The van der Waals surface area contributed by atoms with Crippen LogP contribution in [0.5, 0.6) is 5.88 Å². The van der Waals surface area contributed by atoms with Crippen LogP contribution >= 0.6 is 0 Å². The van der Waals surface area contributed by atoms with Crippen LogP contribution < -0.4 is 10.5 Å². The van der Waals surface area contributed by atoms with Gasteiger partial charge in [-0.05, 0) is 12.5 Å². The van der Waals surface area contributed by atoms with E-state index in [1.54, 1.807) is 6.20 Å². The summed E-state index contributed by atoms with van der Waals surface area (Å²) in [6.07, 6.45) is 3.90. The van der Waals surface area contributed by atoms with Crippen molar-refractivity contribution in [3.8, 4) is 5.88 Å². The van der Waals surface area contributed by atoms with Crippen LogP contribution in [-0.2, 0) is 0 Å². The van der Waals surface area contributed by atoms with Crippen LogP contribution in [0.2, 0.25) is 0 Å². The number of anilines is 1. The molecule has 0 aliphatic rings. The van der Waals surface area contributed by atoms with Gasteiger partial charge in [-0.25, -0.2) is 0 Å². The van der Waals surface area contributed by atoms with Gasteiger partial charge in [0.1, 0.15) is 5.65 Å². The minimum Gasteiger partial charge on any atom is -0.477 e. The maximum absolute atomic E-state index is 5.57. The zero-order chi connectivity index (χ0) is 12.7. The molecule has 5 heteroatoms. The first kappa shape index (κ1) is 13.3. The molecule has 0 unspecified atom stereocenters. The fourth-order valence-electron chi connectivity index (χ4n) is 1.35. The van der Waals surface area contributed by atoms with Gasteiger partial charge in [-0.3, -0.25) is 0 Å². The lowest BCUT2D eigenvalue weighted by atomic mass is 10.3. The van der Waals surface area contributed by atoms with Crippen molar-refractivity contribution in [3.05, 3.63) is 12.3 Å². The first-order chi connectivity index (χ1) is 8.31. The Hall–Kier alpha value is -1.78. The number of hydrogen-bond donors (Lipinski definition) is 2. The highest BCUT2D eigenvalue weighted by atomic mass is 16.5. The molecule has 0 aromatic carbocycles. The zero-order valence-electron chi connectivity index (χ0n) is 10.7. The maximum atomic E-state index is 5.57. The lowest BCUT2D eigenvalue weighted by Gasteiger charge is -2.05. The SMILES string of the molecule is CC.CCCCOc1nc(N)nc2[nH]ccc12. The number of nitrogen functional groups attached to an aromatic ring is 1. The summed E-state index contributed by atoms with van der Waals surface area (Å²) in [5.41, 5.74) is 6.28. The van der Waals surface area contributed by atoms with Crippen molar-refractivity contribution in [2.45, 2.75) is 33.6 Å². The number of aromatic nitrogens is 3. The Morgan fingerprint density at radius 1 is 1.35 bits per heavy atom. The smallest absolute Gasteiger partial charge is 0.227 e. The molecule has 0 atom stereocenters. The van der Waals surface area contributed by atoms with Gasteiger partial charge >= 0.3 is 0 Å². The molecule has 0 fully saturated rings. The third-order valence-corrected chi connectivity index (χ3v) is 2.13. The van der Waals surface area contributed by atoms with Gasteiger partial charge in [-0.1, -0.05) is 27.2 Å². The van der Waals surface area contributed by atoms with Crippen molar-refractivity contribution in [1.29, 1.82) is 0 Å². The molecule has 2 heterocycles. The number of fused-ring (bicyclic) bond motifs is 1. The lowest BCUT2D eigenvalue weighted by Crippen LogP contribution is -2.02. The van der Waals surface area contributed by atoms with Crippen LogP contribution in [0.4, 0.5) is 5.95 Å². The van der Waals surface area contributed by atoms with Crippen LogP contribution in [0.1, 0.15) is 33.6 Å². The molecule has 0 amide bonds. The first-order valence-corrected chi connectivity index (χ1v) is 6.04. The average molecular weight is 236 g/mol. The second kappa shape index (κ2) is 6.73. The molecular weight excluding hydrogens is 216 g/mol. The fraction of sp³-hybridized carbons (Fsp3) is 0.500. The molecule has 5 nitrogen and oxygen atoms in total. The van der Waals surface area contributed by atoms with E-state index in [2.05, 4.69) is 21.9 Å². The van der Waals surface area contributed by atoms with E-state index in [0.29, 0.717) is 18.1 Å². The number of aromatic amines is 1. The van der Waals surface area contributed by atoms with Crippen molar-refractivity contribution < 1.29 is 4.74 Å². The van der Waals surface area contributed by atoms with E-state index >= 15 is 0 Å². The van der Waals surface area contributed by atoms with E-state index < -0.39 is 0 Å². The molecule has 2 aromatic rings. The standard InChI is InChI=1S/C10H14N4O.C2H6/c1-2-3-6-15-9-7-4-5-12-8(7)13-10(11)14-9;1-2/h4-5H,2-3,6H2,1H3,(H3,11,12,13,14);1-2H3. The molecule has 3 N–H and O–H groups in total. The lowest BCUT2D eigenvalue weighted by molar-refractivity contribution is 0.302. The van der Waals surface area contributed by atoms with Crippen LogP contribution in [0.3, 0.4) is 0 Å². The van der Waals surface area contributed by atoms with Gasteiger partial charge in [0.05, 0.1) is 12.0 Å². The number of rotatable bonds is 4. The van der Waals surface area contributed by atoms with Gasteiger partial charge in [-0.15, -0.1) is 0 Å². The molecule has 0 spiro atoms. The molecule has 0 bridgehead atoms. The second-order valence-electron chi connectivity index (χ2n) is 3.33. The molecule has 0 aliphatic heterocycles. The Kier molecular flexibility index (Phi) is 5.26. The number of nitrogens with one attached hydrogen (secondary N) is 1. The van der Waals surface area contributed by atoms with Crippen molar-refractivity contribution in [2.75, 3.05) is 12.3 Å². The predicted molar refractivity (Wildman–Crippen MR) is 70.1 cm³/mol. The number of ether oxygens (including phenoxy) is 1. The van der Waals surface area contributed by atoms with E-state index in [1.165, 1.54) is 0 Å². The zero-order valence-corrected chi connectivity index (χ0v) is 10.7. The molecule has 0 radical (unpaired) electrons. The minimum absolute atomic E-state index is 0.233. The molecule has 0 saturated carbocycles. The number of hydrogen-bond acceptors (Lipinski definition) is 4. The average Bonchev–Trinajstić information content (AvgIpc) is 2.80. The highest BCUT2D eigenvalue weighted by Crippen LogP contribution is 2.22. The van der Waals surface area contributed by atoms with Crippen molar-refractivity contribution in [3.63, 3.8) is 0 Å². The predicted octanol–water partition coefficient (Wildman–Crippen LogP) is 2.75. The molecule has 2 rings (SSSR count). The van der Waals surface area contributed by atoms with E-state index in [-0.39, 0.29) is 5.95 Å². The Morgan fingerprint density at radius 2 is 2.12 bits per heavy atom. The summed E-state index contributed by atoms with van der Waals surface area (Å²) in [7, 11) is 0. The van der Waals surface area contributed by atoms with Crippen LogP contribution in [0, 0.1) is 0 Å². The molecule has 94 valence electrons. The van der Waals surface area contributed by atoms with Crippen LogP contribution in [-0.4, -0.2) is 21.6 Å². The van der Waals surface area contributed by atoms with Gasteiger partial charge in [0.25, 0.3) is 0 Å². The molecular formula is C12H20N4O. The monoisotopic (exact) mass is 236 g/mol. The highest BCUT2D eigenvalue weighted by molar-refractivity contribution is 5.81. The summed E-state index contributed by atoms with van der Waals surface area (Å²) in [6.45, 7) is 6.77. The summed E-state index contributed by atoms with van der Waals surface area (Å²) < 4.78 is 5.55. The topological polar surface area (TPSA) is 76.8 Å². The summed E-state index contributed by atoms with van der Waals surface area (Å²) in [4.78, 5) is 11.1. The number of H-pyrrole nitrogens is 1. The number of nitrogens with zero attached hydrogens (tertiary/aromatic N) is 2. The third kappa shape index (κ3) is 3.34. The first-order valence-electron chi connectivity index (χ1n) is 6.04. The Bertz CT molecular complexity index is 453. The van der Waals surface area contributed by atoms with Gasteiger partial charge in [0.2, 0.25) is 11.8 Å². The summed E-state index contributed by atoms with van der Waals surface area (Å²) in [5.74, 6) is 0.795. The Balaban J connectivity index is 0.000000686. The van der Waals surface area contributed by atoms with Gasteiger partial charge < -0.3 is 15.5 Å².